The normalized spacial score (nSPS) is 15.1. The lowest BCUT2D eigenvalue weighted by molar-refractivity contribution is 0.192. The third kappa shape index (κ3) is 3.60. The van der Waals surface area contributed by atoms with Crippen LogP contribution in [0.3, 0.4) is 0 Å². The fourth-order valence-electron chi connectivity index (χ4n) is 1.09. The van der Waals surface area contributed by atoms with Crippen molar-refractivity contribution in [1.82, 2.24) is 0 Å². The Bertz CT molecular complexity index is 304. The molecule has 2 atom stereocenters. The lowest BCUT2D eigenvalue weighted by atomic mass is 10.2. The molecule has 0 fully saturated rings. The van der Waals surface area contributed by atoms with E-state index in [9.17, 15) is 4.21 Å². The summed E-state index contributed by atoms with van der Waals surface area (Å²) in [6.45, 7) is 3.72. The molecule has 0 spiro atoms. The number of aliphatic hydroxyl groups is 1. The number of hydrogen-bond acceptors (Lipinski definition) is 2. The lowest BCUT2D eigenvalue weighted by Crippen LogP contribution is -2.07. The molecule has 1 aromatic carbocycles. The summed E-state index contributed by atoms with van der Waals surface area (Å²) in [5, 5.41) is 9.06. The molecule has 0 saturated heterocycles. The van der Waals surface area contributed by atoms with Gasteiger partial charge in [-0.3, -0.25) is 4.21 Å². The van der Waals surface area contributed by atoms with Gasteiger partial charge in [0, 0.05) is 10.6 Å². The summed E-state index contributed by atoms with van der Waals surface area (Å²) in [6, 6.07) is 7.67. The zero-order valence-corrected chi connectivity index (χ0v) is 9.38. The van der Waals surface area contributed by atoms with Gasteiger partial charge in [0.2, 0.25) is 0 Å². The molecule has 0 aliphatic rings. The van der Waals surface area contributed by atoms with Crippen molar-refractivity contribution in [3.8, 4) is 0 Å². The van der Waals surface area contributed by atoms with Crippen LogP contribution < -0.4 is 0 Å². The largest absolute Gasteiger partial charge is 0.393 e. The predicted octanol–water partition coefficient (Wildman–Crippen LogP) is 1.87. The first kappa shape index (κ1) is 11.4. The molecule has 0 aromatic heterocycles. The zero-order valence-electron chi connectivity index (χ0n) is 8.56. The molecular weight excluding hydrogens is 196 g/mol. The Labute approximate surface area is 87.4 Å². The average Bonchev–Trinajstić information content (AvgIpc) is 2.15. The first-order chi connectivity index (χ1) is 6.59. The second kappa shape index (κ2) is 5.27. The van der Waals surface area contributed by atoms with E-state index in [0.29, 0.717) is 12.2 Å². The predicted molar refractivity (Wildman–Crippen MR) is 58.8 cm³/mol. The molecule has 0 amide bonds. The highest BCUT2D eigenvalue weighted by atomic mass is 32.2. The monoisotopic (exact) mass is 212 g/mol. The van der Waals surface area contributed by atoms with Crippen LogP contribution >= 0.6 is 0 Å². The van der Waals surface area contributed by atoms with E-state index in [1.54, 1.807) is 6.92 Å². The van der Waals surface area contributed by atoms with E-state index in [1.807, 2.05) is 31.2 Å². The summed E-state index contributed by atoms with van der Waals surface area (Å²) in [5.41, 5.74) is 1.17. The number of hydrogen-bond donors (Lipinski definition) is 1. The molecular formula is C11H16O2S. The fraction of sp³-hybridized carbons (Fsp3) is 0.455. The van der Waals surface area contributed by atoms with Crippen LogP contribution in [0.2, 0.25) is 0 Å². The zero-order chi connectivity index (χ0) is 10.6. The minimum Gasteiger partial charge on any atom is -0.393 e. The second-order valence-corrected chi connectivity index (χ2v) is 5.07. The number of aryl methyl sites for hydroxylation is 1. The highest BCUT2D eigenvalue weighted by Crippen LogP contribution is 2.09. The van der Waals surface area contributed by atoms with Crippen LogP contribution in [0.5, 0.6) is 0 Å². The van der Waals surface area contributed by atoms with Crippen molar-refractivity contribution < 1.29 is 9.32 Å². The van der Waals surface area contributed by atoms with Crippen molar-refractivity contribution in [2.75, 3.05) is 5.75 Å². The number of aliphatic hydroxyl groups excluding tert-OH is 1. The number of benzene rings is 1. The third-order valence-corrected chi connectivity index (χ3v) is 3.41. The summed E-state index contributed by atoms with van der Waals surface area (Å²) in [7, 11) is -0.972. The quantitative estimate of drug-likeness (QED) is 0.827. The Balaban J connectivity index is 2.57. The average molecular weight is 212 g/mol. The van der Waals surface area contributed by atoms with Crippen molar-refractivity contribution in [1.29, 1.82) is 0 Å². The minimum absolute atomic E-state index is 0.371. The molecule has 78 valence electrons. The van der Waals surface area contributed by atoms with Crippen LogP contribution in [0.4, 0.5) is 0 Å². The Morgan fingerprint density at radius 2 is 1.93 bits per heavy atom. The van der Waals surface area contributed by atoms with E-state index < -0.39 is 10.8 Å². The van der Waals surface area contributed by atoms with Gasteiger partial charge in [-0.15, -0.1) is 0 Å². The van der Waals surface area contributed by atoms with Gasteiger partial charge in [0.15, 0.2) is 0 Å². The SMILES string of the molecule is Cc1ccc([S@](=O)CC[C@@H](C)O)cc1. The van der Waals surface area contributed by atoms with Gasteiger partial charge in [0.25, 0.3) is 0 Å². The minimum atomic E-state index is -0.972. The third-order valence-electron chi connectivity index (χ3n) is 2.00. The molecule has 1 rings (SSSR count). The Morgan fingerprint density at radius 3 is 2.43 bits per heavy atom. The molecule has 1 N–H and O–H groups in total. The van der Waals surface area contributed by atoms with Gasteiger partial charge < -0.3 is 5.11 Å². The molecule has 0 saturated carbocycles. The van der Waals surface area contributed by atoms with Crippen LogP contribution in [0.25, 0.3) is 0 Å². The maximum Gasteiger partial charge on any atom is 0.0530 e. The van der Waals surface area contributed by atoms with Crippen LogP contribution in [-0.4, -0.2) is 21.2 Å². The van der Waals surface area contributed by atoms with Crippen LogP contribution in [0.1, 0.15) is 18.9 Å². The lowest BCUT2D eigenvalue weighted by Gasteiger charge is -2.04. The maximum absolute atomic E-state index is 11.7. The highest BCUT2D eigenvalue weighted by Gasteiger charge is 2.04. The fourth-order valence-corrected chi connectivity index (χ4v) is 2.32. The first-order valence-corrected chi connectivity index (χ1v) is 6.04. The van der Waals surface area contributed by atoms with E-state index in [-0.39, 0.29) is 6.10 Å². The topological polar surface area (TPSA) is 37.3 Å². The molecule has 0 unspecified atom stereocenters. The van der Waals surface area contributed by atoms with Crippen molar-refractivity contribution >= 4 is 10.8 Å². The standard InChI is InChI=1S/C11H16O2S/c1-9-3-5-11(6-4-9)14(13)8-7-10(2)12/h3-6,10,12H,7-8H2,1-2H3/t10-,14-/m1/s1. The second-order valence-electron chi connectivity index (χ2n) is 3.50. The molecule has 1 aromatic rings. The molecule has 2 nitrogen and oxygen atoms in total. The molecule has 3 heteroatoms. The summed E-state index contributed by atoms with van der Waals surface area (Å²) >= 11 is 0. The summed E-state index contributed by atoms with van der Waals surface area (Å²) in [4.78, 5) is 0.844. The molecule has 0 heterocycles. The Morgan fingerprint density at radius 1 is 1.36 bits per heavy atom. The van der Waals surface area contributed by atoms with E-state index >= 15 is 0 Å². The van der Waals surface area contributed by atoms with Gasteiger partial charge in [-0.25, -0.2) is 0 Å². The maximum atomic E-state index is 11.7. The molecule has 0 bridgehead atoms. The summed E-state index contributed by atoms with van der Waals surface area (Å²) in [5.74, 6) is 0.528. The Kier molecular flexibility index (Phi) is 4.29. The van der Waals surface area contributed by atoms with Gasteiger partial charge in [-0.2, -0.15) is 0 Å². The van der Waals surface area contributed by atoms with Crippen LogP contribution in [0, 0.1) is 6.92 Å². The van der Waals surface area contributed by atoms with E-state index in [0.717, 1.165) is 4.90 Å². The van der Waals surface area contributed by atoms with Gasteiger partial charge in [-0.05, 0) is 32.4 Å². The Hall–Kier alpha value is -0.670. The number of rotatable bonds is 4. The van der Waals surface area contributed by atoms with Crippen molar-refractivity contribution in [2.24, 2.45) is 0 Å². The molecule has 0 aliphatic carbocycles. The molecule has 0 radical (unpaired) electrons. The summed E-state index contributed by atoms with van der Waals surface area (Å²) in [6.07, 6.45) is 0.213. The summed E-state index contributed by atoms with van der Waals surface area (Å²) < 4.78 is 11.7. The van der Waals surface area contributed by atoms with E-state index in [4.69, 9.17) is 5.11 Å². The van der Waals surface area contributed by atoms with Crippen LogP contribution in [-0.2, 0) is 10.8 Å². The smallest absolute Gasteiger partial charge is 0.0530 e. The van der Waals surface area contributed by atoms with Gasteiger partial charge in [0.05, 0.1) is 16.9 Å². The molecule has 0 aliphatic heterocycles. The van der Waals surface area contributed by atoms with Gasteiger partial charge in [0.1, 0.15) is 0 Å². The van der Waals surface area contributed by atoms with Crippen LogP contribution in [0.15, 0.2) is 29.2 Å². The highest BCUT2D eigenvalue weighted by molar-refractivity contribution is 7.85. The van der Waals surface area contributed by atoms with Crippen molar-refractivity contribution in [3.63, 3.8) is 0 Å². The van der Waals surface area contributed by atoms with Crippen molar-refractivity contribution in [2.45, 2.75) is 31.3 Å². The van der Waals surface area contributed by atoms with Gasteiger partial charge >= 0.3 is 0 Å². The van der Waals surface area contributed by atoms with Crippen molar-refractivity contribution in [3.05, 3.63) is 29.8 Å². The van der Waals surface area contributed by atoms with E-state index in [2.05, 4.69) is 0 Å². The molecule has 14 heavy (non-hydrogen) atoms. The van der Waals surface area contributed by atoms with Gasteiger partial charge in [-0.1, -0.05) is 17.7 Å². The van der Waals surface area contributed by atoms with E-state index in [1.165, 1.54) is 5.56 Å². The first-order valence-electron chi connectivity index (χ1n) is 4.72.